The highest BCUT2D eigenvalue weighted by atomic mass is 19.4. The van der Waals surface area contributed by atoms with Crippen molar-refractivity contribution in [3.63, 3.8) is 0 Å². The summed E-state index contributed by atoms with van der Waals surface area (Å²) in [5, 5.41) is 10.5. The number of likely N-dealkylation sites (N-methyl/N-ethyl adjacent to an activating group) is 2. The van der Waals surface area contributed by atoms with E-state index in [1.807, 2.05) is 59.5 Å². The summed E-state index contributed by atoms with van der Waals surface area (Å²) in [6, 6.07) is 12.9. The maximum atomic E-state index is 14.2. The van der Waals surface area contributed by atoms with Gasteiger partial charge < -0.3 is 20.4 Å². The Morgan fingerprint density at radius 2 is 1.76 bits per heavy atom. The molecule has 13 heteroatoms. The zero-order valence-electron chi connectivity index (χ0n) is 29.3. The number of carbonyl (C=O) groups excluding carboxylic acids is 1. The molecule has 1 fully saturated rings. The topological polar surface area (TPSA) is 86.0 Å². The number of carbonyl (C=O) groups is 1. The molecule has 0 atom stereocenters. The number of piperazine rings is 1. The van der Waals surface area contributed by atoms with Gasteiger partial charge in [0.25, 0.3) is 5.91 Å². The molecule has 1 aliphatic rings. The van der Waals surface area contributed by atoms with Crippen LogP contribution in [0.2, 0.25) is 0 Å². The normalized spacial score (nSPS) is 14.1. The van der Waals surface area contributed by atoms with Crippen molar-refractivity contribution in [2.75, 3.05) is 64.0 Å². The predicted molar refractivity (Wildman–Crippen MR) is 193 cm³/mol. The van der Waals surface area contributed by atoms with Crippen molar-refractivity contribution in [3.05, 3.63) is 107 Å². The number of pyridine rings is 1. The Labute approximate surface area is 295 Å². The highest BCUT2D eigenvalue weighted by molar-refractivity contribution is 6.04. The van der Waals surface area contributed by atoms with Gasteiger partial charge in [0.15, 0.2) is 5.65 Å². The van der Waals surface area contributed by atoms with Gasteiger partial charge in [-0.15, -0.1) is 0 Å². The fraction of sp³-hybridized carbons (Fsp3) is 0.342. The molecule has 1 amide bonds. The monoisotopic (exact) mass is 697 g/mol. The van der Waals surface area contributed by atoms with Crippen molar-refractivity contribution in [2.45, 2.75) is 33.1 Å². The van der Waals surface area contributed by atoms with Crippen LogP contribution in [0.4, 0.5) is 30.2 Å². The average molecular weight is 698 g/mol. The lowest BCUT2D eigenvalue weighted by molar-refractivity contribution is -0.138. The van der Waals surface area contributed by atoms with Crippen LogP contribution in [0.3, 0.4) is 0 Å². The summed E-state index contributed by atoms with van der Waals surface area (Å²) in [6.45, 7) is 9.83. The number of aryl methyl sites for hydroxylation is 1. The van der Waals surface area contributed by atoms with Gasteiger partial charge in [-0.25, -0.2) is 4.98 Å². The van der Waals surface area contributed by atoms with Crippen LogP contribution in [0.15, 0.2) is 73.3 Å². The quantitative estimate of drug-likeness (QED) is 0.175. The van der Waals surface area contributed by atoms with Gasteiger partial charge in [-0.2, -0.15) is 18.3 Å². The fourth-order valence-corrected chi connectivity index (χ4v) is 6.00. The number of aromatic nitrogens is 4. The van der Waals surface area contributed by atoms with Crippen LogP contribution < -0.4 is 10.6 Å². The predicted octanol–water partition coefficient (Wildman–Crippen LogP) is 5.95. The van der Waals surface area contributed by atoms with Gasteiger partial charge in [0.05, 0.1) is 35.9 Å². The first-order valence-electron chi connectivity index (χ1n) is 17.0. The number of fused-ring (bicyclic) bond motifs is 1. The Hall–Kier alpha value is -5.16. The molecular weight excluding hydrogens is 655 g/mol. The van der Waals surface area contributed by atoms with Gasteiger partial charge in [-0.05, 0) is 81.0 Å². The molecule has 4 heterocycles. The number of halogens is 3. The first-order valence-corrected chi connectivity index (χ1v) is 17.0. The van der Waals surface area contributed by atoms with E-state index in [9.17, 15) is 18.0 Å². The van der Waals surface area contributed by atoms with Crippen molar-refractivity contribution >= 4 is 28.6 Å². The molecule has 266 valence electrons. The summed E-state index contributed by atoms with van der Waals surface area (Å²) in [4.78, 5) is 24.3. The number of hydrogen-bond donors (Lipinski definition) is 2. The SMILES string of the molecule is CCN1CCN(Cc2ccc(NC(=O)c3ccc(C)c(C#Cc4cnc5c(Nc6cnn(CCN(C)C)c6)cccn45)c3)cc2C(F)(F)F)CC1. The van der Waals surface area contributed by atoms with E-state index in [2.05, 4.69) is 49.3 Å². The van der Waals surface area contributed by atoms with E-state index in [4.69, 9.17) is 0 Å². The minimum Gasteiger partial charge on any atom is -0.350 e. The third-order valence-electron chi connectivity index (χ3n) is 9.03. The Kier molecular flexibility index (Phi) is 10.8. The Morgan fingerprint density at radius 1 is 0.980 bits per heavy atom. The molecule has 0 unspecified atom stereocenters. The van der Waals surface area contributed by atoms with Gasteiger partial charge in [0.1, 0.15) is 5.69 Å². The van der Waals surface area contributed by atoms with Crippen LogP contribution in [0, 0.1) is 18.8 Å². The fourth-order valence-electron chi connectivity index (χ4n) is 6.00. The smallest absolute Gasteiger partial charge is 0.350 e. The minimum absolute atomic E-state index is 0.0798. The lowest BCUT2D eigenvalue weighted by Crippen LogP contribution is -2.45. The lowest BCUT2D eigenvalue weighted by atomic mass is 10.0. The molecule has 2 N–H and O–H groups in total. The minimum atomic E-state index is -4.56. The van der Waals surface area contributed by atoms with Gasteiger partial charge in [0, 0.05) is 68.5 Å². The molecule has 0 radical (unpaired) electrons. The van der Waals surface area contributed by atoms with E-state index in [1.165, 1.54) is 12.1 Å². The Bertz CT molecular complexity index is 2060. The van der Waals surface area contributed by atoms with E-state index >= 15 is 0 Å². The number of anilines is 3. The van der Waals surface area contributed by atoms with Gasteiger partial charge in [-0.1, -0.05) is 25.0 Å². The maximum absolute atomic E-state index is 14.2. The van der Waals surface area contributed by atoms with E-state index in [1.54, 1.807) is 30.6 Å². The van der Waals surface area contributed by atoms with E-state index < -0.39 is 17.6 Å². The first kappa shape index (κ1) is 35.7. The van der Waals surface area contributed by atoms with Crippen molar-refractivity contribution in [1.29, 1.82) is 0 Å². The standard InChI is InChI=1S/C38H42F3N9O/c1-5-47-16-18-48(19-17-47)25-30-10-12-31(22-34(30)38(39,40)41)45-37(51)29-9-8-27(2)28(21-29)11-13-33-24-42-36-35(7-6-14-50(33)36)44-32-23-43-49(26-32)20-15-46(3)4/h6-10,12,14,21-24,26,44H,5,15-20,25H2,1-4H3,(H,45,51). The summed E-state index contributed by atoms with van der Waals surface area (Å²) in [5.74, 6) is 5.81. The van der Waals surface area contributed by atoms with Gasteiger partial charge in [-0.3, -0.25) is 18.8 Å². The number of nitrogens with one attached hydrogen (secondary N) is 2. The Morgan fingerprint density at radius 3 is 2.51 bits per heavy atom. The molecule has 3 aromatic heterocycles. The van der Waals surface area contributed by atoms with Crippen molar-refractivity contribution in [2.24, 2.45) is 0 Å². The summed E-state index contributed by atoms with van der Waals surface area (Å²) in [5.41, 5.74) is 4.27. The zero-order valence-corrected chi connectivity index (χ0v) is 29.3. The number of rotatable bonds is 10. The van der Waals surface area contributed by atoms with Crippen LogP contribution in [0.25, 0.3) is 5.65 Å². The van der Waals surface area contributed by atoms with Gasteiger partial charge >= 0.3 is 6.18 Å². The second-order valence-corrected chi connectivity index (χ2v) is 13.0. The number of alkyl halides is 3. The molecule has 2 aromatic carbocycles. The van der Waals surface area contributed by atoms with Crippen LogP contribution in [0.1, 0.15) is 45.2 Å². The second-order valence-electron chi connectivity index (χ2n) is 13.0. The molecule has 5 aromatic rings. The summed E-state index contributed by atoms with van der Waals surface area (Å²) in [7, 11) is 4.04. The van der Waals surface area contributed by atoms with Crippen molar-refractivity contribution < 1.29 is 18.0 Å². The van der Waals surface area contributed by atoms with Crippen LogP contribution >= 0.6 is 0 Å². The highest BCUT2D eigenvalue weighted by Crippen LogP contribution is 2.35. The molecule has 1 saturated heterocycles. The number of amides is 1. The third kappa shape index (κ3) is 8.78. The van der Waals surface area contributed by atoms with Crippen LogP contribution in [-0.2, 0) is 19.3 Å². The number of hydrogen-bond acceptors (Lipinski definition) is 7. The second kappa shape index (κ2) is 15.4. The molecule has 6 rings (SSSR count). The summed E-state index contributed by atoms with van der Waals surface area (Å²) < 4.78 is 46.2. The molecule has 1 aliphatic heterocycles. The molecule has 51 heavy (non-hydrogen) atoms. The summed E-state index contributed by atoms with van der Waals surface area (Å²) >= 11 is 0. The average Bonchev–Trinajstić information content (AvgIpc) is 3.74. The molecule has 10 nitrogen and oxygen atoms in total. The number of nitrogens with zero attached hydrogens (tertiary/aromatic N) is 7. The molecule has 0 spiro atoms. The van der Waals surface area contributed by atoms with Gasteiger partial charge in [0.2, 0.25) is 0 Å². The van der Waals surface area contributed by atoms with E-state index in [0.717, 1.165) is 55.7 Å². The number of benzene rings is 2. The molecular formula is C38H42F3N9O. The maximum Gasteiger partial charge on any atom is 0.416 e. The van der Waals surface area contributed by atoms with Crippen LogP contribution in [-0.4, -0.2) is 93.1 Å². The first-order chi connectivity index (χ1) is 24.5. The number of imidazole rings is 1. The third-order valence-corrected chi connectivity index (χ3v) is 9.03. The van der Waals surface area contributed by atoms with E-state index in [-0.39, 0.29) is 23.4 Å². The largest absolute Gasteiger partial charge is 0.416 e. The lowest BCUT2D eigenvalue weighted by Gasteiger charge is -2.34. The molecule has 0 aliphatic carbocycles. The molecule has 0 bridgehead atoms. The zero-order chi connectivity index (χ0) is 36.1. The van der Waals surface area contributed by atoms with Crippen LogP contribution in [0.5, 0.6) is 0 Å². The molecule has 0 saturated carbocycles. The Balaban J connectivity index is 1.16. The van der Waals surface area contributed by atoms with E-state index in [0.29, 0.717) is 30.0 Å². The van der Waals surface area contributed by atoms with Crippen molar-refractivity contribution in [3.8, 4) is 11.8 Å². The van der Waals surface area contributed by atoms with Crippen molar-refractivity contribution in [1.82, 2.24) is 33.9 Å². The highest BCUT2D eigenvalue weighted by Gasteiger charge is 2.34. The summed E-state index contributed by atoms with van der Waals surface area (Å²) in [6.07, 6.45) is 2.73.